The third-order valence-electron chi connectivity index (χ3n) is 4.92. The highest BCUT2D eigenvalue weighted by atomic mass is 35.5. The lowest BCUT2D eigenvalue weighted by Gasteiger charge is -2.32. The topological polar surface area (TPSA) is 33.5 Å². The highest BCUT2D eigenvalue weighted by Gasteiger charge is 2.25. The SMILES string of the molecule is Cc1cc2oc(=O)cc(CN(C(C)C)C3CCCC3)c2cc1Cl. The largest absolute Gasteiger partial charge is 0.423 e. The van der Waals surface area contributed by atoms with E-state index in [0.717, 1.165) is 23.1 Å². The van der Waals surface area contributed by atoms with E-state index in [4.69, 9.17) is 16.0 Å². The Labute approximate surface area is 142 Å². The molecular weight excluding hydrogens is 310 g/mol. The molecule has 1 aromatic carbocycles. The van der Waals surface area contributed by atoms with Crippen molar-refractivity contribution < 1.29 is 4.42 Å². The predicted molar refractivity (Wildman–Crippen MR) is 95.2 cm³/mol. The highest BCUT2D eigenvalue weighted by molar-refractivity contribution is 6.32. The molecule has 1 aliphatic rings. The van der Waals surface area contributed by atoms with E-state index < -0.39 is 0 Å². The van der Waals surface area contributed by atoms with Gasteiger partial charge in [0.1, 0.15) is 5.58 Å². The first-order valence-electron chi connectivity index (χ1n) is 8.44. The molecule has 0 aliphatic heterocycles. The van der Waals surface area contributed by atoms with Gasteiger partial charge in [-0.15, -0.1) is 0 Å². The fourth-order valence-corrected chi connectivity index (χ4v) is 3.81. The molecule has 0 spiro atoms. The zero-order valence-electron chi connectivity index (χ0n) is 14.1. The Morgan fingerprint density at radius 3 is 2.61 bits per heavy atom. The fourth-order valence-electron chi connectivity index (χ4n) is 3.64. The summed E-state index contributed by atoms with van der Waals surface area (Å²) >= 11 is 6.29. The quantitative estimate of drug-likeness (QED) is 0.745. The molecule has 1 aliphatic carbocycles. The Kier molecular flexibility index (Phi) is 4.79. The van der Waals surface area contributed by atoms with Crippen molar-refractivity contribution in [2.45, 2.75) is 65.1 Å². The van der Waals surface area contributed by atoms with Gasteiger partial charge in [0.15, 0.2) is 0 Å². The van der Waals surface area contributed by atoms with Crippen molar-refractivity contribution in [1.82, 2.24) is 4.90 Å². The van der Waals surface area contributed by atoms with Gasteiger partial charge in [-0.1, -0.05) is 24.4 Å². The molecule has 0 unspecified atom stereocenters. The monoisotopic (exact) mass is 333 g/mol. The van der Waals surface area contributed by atoms with E-state index in [2.05, 4.69) is 18.7 Å². The zero-order valence-corrected chi connectivity index (χ0v) is 14.8. The van der Waals surface area contributed by atoms with Gasteiger partial charge in [0, 0.05) is 35.1 Å². The van der Waals surface area contributed by atoms with Crippen molar-refractivity contribution in [3.05, 3.63) is 44.8 Å². The molecule has 0 radical (unpaired) electrons. The minimum Gasteiger partial charge on any atom is -0.423 e. The van der Waals surface area contributed by atoms with Crippen LogP contribution in [0.5, 0.6) is 0 Å². The van der Waals surface area contributed by atoms with Crippen LogP contribution in [0, 0.1) is 6.92 Å². The molecule has 0 N–H and O–H groups in total. The molecule has 0 bridgehead atoms. The Bertz CT molecular complexity index is 760. The molecule has 124 valence electrons. The number of benzene rings is 1. The molecule has 1 saturated carbocycles. The number of halogens is 1. The standard InChI is InChI=1S/C19H24ClNO2/c1-12(2)21(15-6-4-5-7-15)11-14-9-19(22)23-18-8-13(3)17(20)10-16(14)18/h8-10,12,15H,4-7,11H2,1-3H3. The number of fused-ring (bicyclic) bond motifs is 1. The van der Waals surface area contributed by atoms with Crippen LogP contribution in [0.4, 0.5) is 0 Å². The van der Waals surface area contributed by atoms with Crippen LogP contribution in [-0.2, 0) is 6.54 Å². The van der Waals surface area contributed by atoms with Crippen molar-refractivity contribution in [2.75, 3.05) is 0 Å². The second kappa shape index (κ2) is 6.66. The van der Waals surface area contributed by atoms with Crippen molar-refractivity contribution in [3.8, 4) is 0 Å². The van der Waals surface area contributed by atoms with Crippen LogP contribution >= 0.6 is 11.6 Å². The van der Waals surface area contributed by atoms with Crippen LogP contribution in [0.1, 0.15) is 50.7 Å². The molecule has 3 rings (SSSR count). The summed E-state index contributed by atoms with van der Waals surface area (Å²) in [7, 11) is 0. The molecule has 0 saturated heterocycles. The maximum Gasteiger partial charge on any atom is 0.336 e. The van der Waals surface area contributed by atoms with E-state index in [9.17, 15) is 4.79 Å². The van der Waals surface area contributed by atoms with Crippen molar-refractivity contribution in [1.29, 1.82) is 0 Å². The molecule has 2 aromatic rings. The van der Waals surface area contributed by atoms with E-state index in [1.165, 1.54) is 25.7 Å². The highest BCUT2D eigenvalue weighted by Crippen LogP contribution is 2.30. The molecule has 1 heterocycles. The summed E-state index contributed by atoms with van der Waals surface area (Å²) in [5.74, 6) is 0. The lowest BCUT2D eigenvalue weighted by molar-refractivity contribution is 0.146. The maximum atomic E-state index is 12.0. The number of hydrogen-bond acceptors (Lipinski definition) is 3. The van der Waals surface area contributed by atoms with Gasteiger partial charge in [-0.2, -0.15) is 0 Å². The zero-order chi connectivity index (χ0) is 16.6. The van der Waals surface area contributed by atoms with Crippen molar-refractivity contribution in [3.63, 3.8) is 0 Å². The number of aryl methyl sites for hydroxylation is 1. The summed E-state index contributed by atoms with van der Waals surface area (Å²) < 4.78 is 5.37. The molecule has 1 fully saturated rings. The summed E-state index contributed by atoms with van der Waals surface area (Å²) in [5, 5.41) is 1.66. The second-order valence-corrected chi connectivity index (χ2v) is 7.30. The average molecular weight is 334 g/mol. The van der Waals surface area contributed by atoms with Crippen LogP contribution in [-0.4, -0.2) is 17.0 Å². The lowest BCUT2D eigenvalue weighted by atomic mass is 10.0. The second-order valence-electron chi connectivity index (χ2n) is 6.89. The van der Waals surface area contributed by atoms with Gasteiger partial charge in [0.25, 0.3) is 0 Å². The van der Waals surface area contributed by atoms with E-state index >= 15 is 0 Å². The summed E-state index contributed by atoms with van der Waals surface area (Å²) in [5.41, 5.74) is 2.28. The Morgan fingerprint density at radius 1 is 1.26 bits per heavy atom. The van der Waals surface area contributed by atoms with Crippen LogP contribution in [0.3, 0.4) is 0 Å². The predicted octanol–water partition coefficient (Wildman–Crippen LogP) is 4.91. The van der Waals surface area contributed by atoms with Gasteiger partial charge in [-0.25, -0.2) is 4.79 Å². The van der Waals surface area contributed by atoms with Crippen LogP contribution in [0.15, 0.2) is 27.4 Å². The van der Waals surface area contributed by atoms with Gasteiger partial charge < -0.3 is 4.42 Å². The smallest absolute Gasteiger partial charge is 0.336 e. The van der Waals surface area contributed by atoms with Crippen LogP contribution < -0.4 is 5.63 Å². The average Bonchev–Trinajstić information content (AvgIpc) is 3.00. The van der Waals surface area contributed by atoms with Crippen molar-refractivity contribution >= 4 is 22.6 Å². The molecule has 4 heteroatoms. The van der Waals surface area contributed by atoms with Gasteiger partial charge >= 0.3 is 5.63 Å². The Hall–Kier alpha value is -1.32. The fraction of sp³-hybridized carbons (Fsp3) is 0.526. The van der Waals surface area contributed by atoms with Crippen LogP contribution in [0.2, 0.25) is 5.02 Å². The minimum atomic E-state index is -0.288. The Morgan fingerprint density at radius 2 is 1.96 bits per heavy atom. The van der Waals surface area contributed by atoms with Crippen LogP contribution in [0.25, 0.3) is 11.0 Å². The third kappa shape index (κ3) is 3.46. The molecule has 3 nitrogen and oxygen atoms in total. The summed E-state index contributed by atoms with van der Waals surface area (Å²) in [6, 6.07) is 6.47. The summed E-state index contributed by atoms with van der Waals surface area (Å²) in [6.45, 7) is 7.14. The first-order valence-corrected chi connectivity index (χ1v) is 8.82. The third-order valence-corrected chi connectivity index (χ3v) is 5.33. The first kappa shape index (κ1) is 16.5. The molecule has 23 heavy (non-hydrogen) atoms. The van der Waals surface area contributed by atoms with E-state index in [0.29, 0.717) is 22.7 Å². The normalized spacial score (nSPS) is 16.1. The van der Waals surface area contributed by atoms with E-state index in [1.807, 2.05) is 19.1 Å². The van der Waals surface area contributed by atoms with Crippen molar-refractivity contribution in [2.24, 2.45) is 0 Å². The van der Waals surface area contributed by atoms with Gasteiger partial charge in [0.05, 0.1) is 0 Å². The summed E-state index contributed by atoms with van der Waals surface area (Å²) in [4.78, 5) is 14.5. The van der Waals surface area contributed by atoms with Gasteiger partial charge in [-0.05, 0) is 56.9 Å². The number of nitrogens with zero attached hydrogens (tertiary/aromatic N) is 1. The molecule has 1 aromatic heterocycles. The van der Waals surface area contributed by atoms with E-state index in [-0.39, 0.29) is 5.63 Å². The Balaban J connectivity index is 2.03. The minimum absolute atomic E-state index is 0.288. The lowest BCUT2D eigenvalue weighted by Crippen LogP contribution is -2.38. The first-order chi connectivity index (χ1) is 11.0. The van der Waals surface area contributed by atoms with Gasteiger partial charge in [-0.3, -0.25) is 4.90 Å². The van der Waals surface area contributed by atoms with E-state index in [1.54, 1.807) is 6.07 Å². The molecule has 0 atom stereocenters. The number of rotatable bonds is 4. The van der Waals surface area contributed by atoms with Gasteiger partial charge in [0.2, 0.25) is 0 Å². The summed E-state index contributed by atoms with van der Waals surface area (Å²) in [6.07, 6.45) is 5.10. The molecular formula is C19H24ClNO2. The maximum absolute atomic E-state index is 12.0. The number of hydrogen-bond donors (Lipinski definition) is 0. The molecule has 0 amide bonds.